The van der Waals surface area contributed by atoms with Gasteiger partial charge in [-0.3, -0.25) is 0 Å². The molecule has 4 rings (SSSR count). The van der Waals surface area contributed by atoms with Crippen LogP contribution in [0.25, 0.3) is 33.5 Å². The van der Waals surface area contributed by atoms with E-state index in [1.807, 2.05) is 54.6 Å². The molecule has 0 fully saturated rings. The Morgan fingerprint density at radius 1 is 0.880 bits per heavy atom. The zero-order chi connectivity index (χ0) is 17.2. The van der Waals surface area contributed by atoms with E-state index in [9.17, 15) is 4.79 Å². The monoisotopic (exact) mass is 328 g/mol. The number of methoxy groups -OCH3 is 1. The number of esters is 1. The van der Waals surface area contributed by atoms with Gasteiger partial charge in [0.1, 0.15) is 5.82 Å². The summed E-state index contributed by atoms with van der Waals surface area (Å²) in [5.41, 5.74) is 5.57. The molecule has 1 heterocycles. The molecule has 0 atom stereocenters. The lowest BCUT2D eigenvalue weighted by atomic mass is 9.98. The van der Waals surface area contributed by atoms with E-state index < -0.39 is 0 Å². The molecular weight excluding hydrogens is 312 g/mol. The highest BCUT2D eigenvalue weighted by molar-refractivity contribution is 5.91. The van der Waals surface area contributed by atoms with Gasteiger partial charge >= 0.3 is 5.97 Å². The fraction of sp³-hybridized carbons (Fsp3) is 0.0476. The number of aromatic nitrogens is 2. The topological polar surface area (TPSA) is 55.0 Å². The number of H-pyrrole nitrogens is 1. The van der Waals surface area contributed by atoms with E-state index in [2.05, 4.69) is 11.1 Å². The molecule has 0 amide bonds. The second-order valence-corrected chi connectivity index (χ2v) is 5.72. The van der Waals surface area contributed by atoms with Crippen LogP contribution in [0.1, 0.15) is 10.4 Å². The number of para-hydroxylation sites is 2. The van der Waals surface area contributed by atoms with E-state index in [1.54, 1.807) is 12.1 Å². The molecule has 4 heteroatoms. The summed E-state index contributed by atoms with van der Waals surface area (Å²) in [5.74, 6) is 0.492. The zero-order valence-electron chi connectivity index (χ0n) is 13.7. The van der Waals surface area contributed by atoms with Crippen LogP contribution in [0, 0.1) is 0 Å². The minimum Gasteiger partial charge on any atom is -0.465 e. The predicted octanol–water partition coefficient (Wildman–Crippen LogP) is 4.68. The molecule has 4 nitrogen and oxygen atoms in total. The number of hydrogen-bond donors (Lipinski definition) is 1. The number of nitrogens with one attached hydrogen (secondary N) is 1. The molecule has 122 valence electrons. The maximum atomic E-state index is 11.6. The minimum atomic E-state index is -0.336. The van der Waals surface area contributed by atoms with E-state index in [-0.39, 0.29) is 5.97 Å². The number of rotatable bonds is 3. The van der Waals surface area contributed by atoms with Gasteiger partial charge in [-0.1, -0.05) is 48.5 Å². The van der Waals surface area contributed by atoms with Crippen molar-refractivity contribution < 1.29 is 9.53 Å². The van der Waals surface area contributed by atoms with E-state index in [0.29, 0.717) is 5.56 Å². The molecule has 0 radical (unpaired) electrons. The van der Waals surface area contributed by atoms with Crippen molar-refractivity contribution in [2.45, 2.75) is 0 Å². The first kappa shape index (κ1) is 15.1. The average molecular weight is 328 g/mol. The third kappa shape index (κ3) is 2.78. The molecule has 0 spiro atoms. The molecule has 1 aromatic heterocycles. The van der Waals surface area contributed by atoms with E-state index in [0.717, 1.165) is 33.5 Å². The first-order chi connectivity index (χ1) is 12.3. The average Bonchev–Trinajstić information content (AvgIpc) is 3.11. The summed E-state index contributed by atoms with van der Waals surface area (Å²) in [4.78, 5) is 19.7. The van der Waals surface area contributed by atoms with Gasteiger partial charge in [-0.05, 0) is 35.4 Å². The van der Waals surface area contributed by atoms with Gasteiger partial charge in [0.25, 0.3) is 0 Å². The van der Waals surface area contributed by atoms with Crippen molar-refractivity contribution in [3.63, 3.8) is 0 Å². The minimum absolute atomic E-state index is 0.336. The SMILES string of the molecule is COC(=O)c1ccc(-c2ccccc2-c2nc3ccccc3[nH]2)cc1. The van der Waals surface area contributed by atoms with Crippen molar-refractivity contribution in [2.75, 3.05) is 7.11 Å². The van der Waals surface area contributed by atoms with Crippen LogP contribution < -0.4 is 0 Å². The molecule has 25 heavy (non-hydrogen) atoms. The smallest absolute Gasteiger partial charge is 0.337 e. The Kier molecular flexibility index (Phi) is 3.78. The highest BCUT2D eigenvalue weighted by atomic mass is 16.5. The van der Waals surface area contributed by atoms with Gasteiger partial charge in [-0.15, -0.1) is 0 Å². The highest BCUT2D eigenvalue weighted by Crippen LogP contribution is 2.31. The van der Waals surface area contributed by atoms with Crippen molar-refractivity contribution in [3.8, 4) is 22.5 Å². The fourth-order valence-electron chi connectivity index (χ4n) is 2.93. The number of benzene rings is 3. The van der Waals surface area contributed by atoms with Crippen LogP contribution in [0.5, 0.6) is 0 Å². The molecule has 0 saturated carbocycles. The second kappa shape index (κ2) is 6.24. The summed E-state index contributed by atoms with van der Waals surface area (Å²) in [6, 6.07) is 23.4. The lowest BCUT2D eigenvalue weighted by Gasteiger charge is -2.08. The Balaban J connectivity index is 1.80. The Hall–Kier alpha value is -3.40. The normalized spacial score (nSPS) is 10.8. The number of ether oxygens (including phenoxy) is 1. The summed E-state index contributed by atoms with van der Waals surface area (Å²) < 4.78 is 4.75. The van der Waals surface area contributed by atoms with Crippen LogP contribution in [0.15, 0.2) is 72.8 Å². The first-order valence-electron chi connectivity index (χ1n) is 7.99. The quantitative estimate of drug-likeness (QED) is 0.555. The van der Waals surface area contributed by atoms with Gasteiger partial charge in [0.05, 0.1) is 23.7 Å². The second-order valence-electron chi connectivity index (χ2n) is 5.72. The molecule has 0 aliphatic heterocycles. The summed E-state index contributed by atoms with van der Waals surface area (Å²) in [5, 5.41) is 0. The number of fused-ring (bicyclic) bond motifs is 1. The number of aromatic amines is 1. The maximum absolute atomic E-state index is 11.6. The standard InChI is InChI=1S/C21H16N2O2/c1-25-21(24)15-12-10-14(11-13-15)16-6-2-3-7-17(16)20-22-18-8-4-5-9-19(18)23-20/h2-13H,1H3,(H,22,23). The van der Waals surface area contributed by atoms with E-state index >= 15 is 0 Å². The molecule has 0 unspecified atom stereocenters. The van der Waals surface area contributed by atoms with Gasteiger partial charge in [0.2, 0.25) is 0 Å². The summed E-state index contributed by atoms with van der Waals surface area (Å²) in [6.07, 6.45) is 0. The molecular formula is C21H16N2O2. The molecule has 0 saturated heterocycles. The van der Waals surface area contributed by atoms with Crippen molar-refractivity contribution in [1.29, 1.82) is 0 Å². The maximum Gasteiger partial charge on any atom is 0.337 e. The van der Waals surface area contributed by atoms with Gasteiger partial charge in [0.15, 0.2) is 0 Å². The van der Waals surface area contributed by atoms with Crippen molar-refractivity contribution in [2.24, 2.45) is 0 Å². The van der Waals surface area contributed by atoms with Crippen LogP contribution in [0.2, 0.25) is 0 Å². The molecule has 3 aromatic carbocycles. The van der Waals surface area contributed by atoms with Crippen molar-refractivity contribution in [1.82, 2.24) is 9.97 Å². The number of nitrogens with zero attached hydrogens (tertiary/aromatic N) is 1. The Morgan fingerprint density at radius 2 is 1.56 bits per heavy atom. The van der Waals surface area contributed by atoms with Crippen molar-refractivity contribution >= 4 is 17.0 Å². The van der Waals surface area contributed by atoms with Crippen LogP contribution >= 0.6 is 0 Å². The highest BCUT2D eigenvalue weighted by Gasteiger charge is 2.12. The molecule has 0 aliphatic carbocycles. The lowest BCUT2D eigenvalue weighted by molar-refractivity contribution is 0.0601. The van der Waals surface area contributed by atoms with E-state index in [1.165, 1.54) is 7.11 Å². The fourth-order valence-corrected chi connectivity index (χ4v) is 2.93. The number of carbonyl (C=O) groups is 1. The third-order valence-electron chi connectivity index (χ3n) is 4.19. The number of carbonyl (C=O) groups excluding carboxylic acids is 1. The number of imidazole rings is 1. The van der Waals surface area contributed by atoms with Crippen molar-refractivity contribution in [3.05, 3.63) is 78.4 Å². The Morgan fingerprint density at radius 3 is 2.28 bits per heavy atom. The zero-order valence-corrected chi connectivity index (χ0v) is 13.7. The Bertz CT molecular complexity index is 1020. The van der Waals surface area contributed by atoms with Gasteiger partial charge in [-0.25, -0.2) is 9.78 Å². The molecule has 4 aromatic rings. The van der Waals surface area contributed by atoms with Crippen LogP contribution in [-0.4, -0.2) is 23.0 Å². The summed E-state index contributed by atoms with van der Waals surface area (Å²) in [7, 11) is 1.38. The van der Waals surface area contributed by atoms with Gasteiger partial charge in [-0.2, -0.15) is 0 Å². The molecule has 0 aliphatic rings. The van der Waals surface area contributed by atoms with Crippen LogP contribution in [0.4, 0.5) is 0 Å². The third-order valence-corrected chi connectivity index (χ3v) is 4.19. The molecule has 0 bridgehead atoms. The Labute approximate surface area is 145 Å². The number of hydrogen-bond acceptors (Lipinski definition) is 3. The van der Waals surface area contributed by atoms with Crippen LogP contribution in [0.3, 0.4) is 0 Å². The first-order valence-corrected chi connectivity index (χ1v) is 7.99. The summed E-state index contributed by atoms with van der Waals surface area (Å²) >= 11 is 0. The predicted molar refractivity (Wildman–Crippen MR) is 98.3 cm³/mol. The largest absolute Gasteiger partial charge is 0.465 e. The summed E-state index contributed by atoms with van der Waals surface area (Å²) in [6.45, 7) is 0. The van der Waals surface area contributed by atoms with Gasteiger partial charge in [0, 0.05) is 5.56 Å². The van der Waals surface area contributed by atoms with Crippen LogP contribution in [-0.2, 0) is 4.74 Å². The lowest BCUT2D eigenvalue weighted by Crippen LogP contribution is -2.00. The molecule has 1 N–H and O–H groups in total. The van der Waals surface area contributed by atoms with Gasteiger partial charge < -0.3 is 9.72 Å². The van der Waals surface area contributed by atoms with E-state index in [4.69, 9.17) is 9.72 Å².